The number of carbonyl (C=O) groups excluding carboxylic acids is 1. The van der Waals surface area contributed by atoms with Crippen LogP contribution in [0.3, 0.4) is 0 Å². The molecule has 0 aromatic heterocycles. The number of rotatable bonds is 6. The van der Waals surface area contributed by atoms with E-state index in [1.165, 1.54) is 5.56 Å². The molecule has 0 bridgehead atoms. The summed E-state index contributed by atoms with van der Waals surface area (Å²) in [7, 11) is -0.332. The van der Waals surface area contributed by atoms with Crippen molar-refractivity contribution in [1.29, 1.82) is 0 Å². The maximum absolute atomic E-state index is 12.9. The van der Waals surface area contributed by atoms with E-state index in [4.69, 9.17) is 4.52 Å². The van der Waals surface area contributed by atoms with Crippen LogP contribution in [-0.4, -0.2) is 12.4 Å². The summed E-state index contributed by atoms with van der Waals surface area (Å²) in [5.41, 5.74) is 5.68. The molecule has 0 heterocycles. The van der Waals surface area contributed by atoms with Gasteiger partial charge in [-0.2, -0.15) is 0 Å². The van der Waals surface area contributed by atoms with Crippen molar-refractivity contribution in [1.82, 2.24) is 0 Å². The second-order valence-electron chi connectivity index (χ2n) is 5.32. The van der Waals surface area contributed by atoms with Crippen LogP contribution in [0.4, 0.5) is 0 Å². The fraction of sp³-hybridized carbons (Fsp3) is 0.278. The van der Waals surface area contributed by atoms with E-state index >= 15 is 0 Å². The fourth-order valence-corrected chi connectivity index (χ4v) is 2.67. The quantitative estimate of drug-likeness (QED) is 0.444. The topological polar surface area (TPSA) is 43.4 Å². The molecule has 0 amide bonds. The summed E-state index contributed by atoms with van der Waals surface area (Å²) in [5.74, 6) is 0.0240. The van der Waals surface area contributed by atoms with Crippen LogP contribution in [0.1, 0.15) is 38.2 Å². The van der Waals surface area contributed by atoms with Gasteiger partial charge in [0.1, 0.15) is 0 Å². The monoisotopic (exact) mass is 314 g/mol. The van der Waals surface area contributed by atoms with Crippen molar-refractivity contribution >= 4 is 14.5 Å². The van der Waals surface area contributed by atoms with E-state index in [-0.39, 0.29) is 14.5 Å². The Morgan fingerprint density at radius 2 is 1.73 bits per heavy atom. The first-order chi connectivity index (χ1) is 10.6. The number of hydrogen-bond donors (Lipinski definition) is 0. The van der Waals surface area contributed by atoms with Gasteiger partial charge in [0.05, 0.1) is 6.61 Å². The van der Waals surface area contributed by atoms with Crippen molar-refractivity contribution < 1.29 is 13.9 Å². The van der Waals surface area contributed by atoms with Crippen LogP contribution >= 0.6 is 8.69 Å². The van der Waals surface area contributed by atoms with Gasteiger partial charge >= 0.3 is 8.69 Å². The summed E-state index contributed by atoms with van der Waals surface area (Å²) in [6, 6.07) is 11.4. The van der Waals surface area contributed by atoms with Gasteiger partial charge < -0.3 is 0 Å². The van der Waals surface area contributed by atoms with Gasteiger partial charge in [-0.25, -0.2) is 4.57 Å². The first kappa shape index (κ1) is 16.5. The zero-order valence-corrected chi connectivity index (χ0v) is 13.9. The third-order valence-corrected chi connectivity index (χ3v) is 4.37. The highest BCUT2D eigenvalue weighted by Crippen LogP contribution is 2.22. The summed E-state index contributed by atoms with van der Waals surface area (Å²) >= 11 is 0. The van der Waals surface area contributed by atoms with Crippen molar-refractivity contribution in [3.8, 4) is 0 Å². The lowest BCUT2D eigenvalue weighted by Crippen LogP contribution is -2.09. The molecule has 0 fully saturated rings. The number of ketones is 1. The second kappa shape index (κ2) is 7.44. The minimum Gasteiger partial charge on any atom is -0.294 e. The molecule has 0 unspecified atom stereocenters. The van der Waals surface area contributed by atoms with E-state index in [0.29, 0.717) is 18.6 Å². The second-order valence-corrected chi connectivity index (χ2v) is 5.73. The number of carbonyl (C=O) groups is 1. The Morgan fingerprint density at radius 1 is 1.00 bits per heavy atom. The van der Waals surface area contributed by atoms with Crippen LogP contribution in [0.25, 0.3) is 0 Å². The summed E-state index contributed by atoms with van der Waals surface area (Å²) in [4.78, 5) is 12.9. The fourth-order valence-electron chi connectivity index (χ4n) is 2.50. The largest absolute Gasteiger partial charge is 0.327 e. The van der Waals surface area contributed by atoms with Crippen LogP contribution in [0.5, 0.6) is 0 Å². The zero-order chi connectivity index (χ0) is 16.1. The molecule has 22 heavy (non-hydrogen) atoms. The molecule has 0 N–H and O–H groups in total. The first-order valence-electron chi connectivity index (χ1n) is 7.20. The zero-order valence-electron chi connectivity index (χ0n) is 13.1. The van der Waals surface area contributed by atoms with E-state index in [1.807, 2.05) is 57.2 Å². The number of hydrogen-bond acceptors (Lipinski definition) is 3. The standard InChI is InChI=1S/C18H19O3P/c1-12-8-9-16(14(3)13(12)2)18(19)17-7-5-4-6-15(17)10-11-21-22-20/h4-9H,10-11H2,1-3H3. The maximum Gasteiger partial charge on any atom is 0.327 e. The lowest BCUT2D eigenvalue weighted by molar-refractivity contribution is 0.103. The summed E-state index contributed by atoms with van der Waals surface area (Å²) < 4.78 is 15.2. The SMILES string of the molecule is Cc1ccc(C(=O)c2ccccc2CCOP=O)c(C)c1C. The Bertz CT molecular complexity index is 707. The molecule has 0 spiro atoms. The van der Waals surface area contributed by atoms with E-state index < -0.39 is 0 Å². The highest BCUT2D eigenvalue weighted by Gasteiger charge is 2.16. The van der Waals surface area contributed by atoms with Crippen molar-refractivity contribution in [3.63, 3.8) is 0 Å². The van der Waals surface area contributed by atoms with Crippen LogP contribution in [0.2, 0.25) is 0 Å². The van der Waals surface area contributed by atoms with E-state index in [9.17, 15) is 9.36 Å². The Labute approximate surface area is 132 Å². The number of aryl methyl sites for hydroxylation is 1. The van der Waals surface area contributed by atoms with E-state index in [1.54, 1.807) is 0 Å². The van der Waals surface area contributed by atoms with Crippen molar-refractivity contribution in [2.75, 3.05) is 6.61 Å². The van der Waals surface area contributed by atoms with E-state index in [0.717, 1.165) is 22.3 Å². The summed E-state index contributed by atoms with van der Waals surface area (Å²) in [5, 5.41) is 0. The molecule has 114 valence electrons. The number of benzene rings is 2. The summed E-state index contributed by atoms with van der Waals surface area (Å²) in [6.45, 7) is 6.39. The van der Waals surface area contributed by atoms with Gasteiger partial charge in [-0.15, -0.1) is 0 Å². The van der Waals surface area contributed by atoms with Gasteiger partial charge in [0.15, 0.2) is 5.78 Å². The Kier molecular flexibility index (Phi) is 5.59. The minimum atomic E-state index is -0.332. The highest BCUT2D eigenvalue weighted by atomic mass is 31.1. The Morgan fingerprint density at radius 3 is 2.45 bits per heavy atom. The third kappa shape index (κ3) is 3.49. The smallest absolute Gasteiger partial charge is 0.294 e. The highest BCUT2D eigenvalue weighted by molar-refractivity contribution is 7.17. The molecule has 0 aliphatic carbocycles. The average molecular weight is 314 g/mol. The Hall–Kier alpha value is -1.83. The molecular weight excluding hydrogens is 295 g/mol. The lowest BCUT2D eigenvalue weighted by atomic mass is 9.91. The van der Waals surface area contributed by atoms with Gasteiger partial charge in [-0.05, 0) is 49.4 Å². The van der Waals surface area contributed by atoms with Crippen molar-refractivity contribution in [2.24, 2.45) is 0 Å². The van der Waals surface area contributed by atoms with Crippen LogP contribution in [-0.2, 0) is 15.5 Å². The van der Waals surface area contributed by atoms with Gasteiger partial charge in [0.25, 0.3) is 0 Å². The molecule has 2 rings (SSSR count). The van der Waals surface area contributed by atoms with Gasteiger partial charge in [0.2, 0.25) is 0 Å². The molecular formula is C18H19O3P. The van der Waals surface area contributed by atoms with Crippen LogP contribution in [0.15, 0.2) is 36.4 Å². The molecule has 0 saturated carbocycles. The molecule has 4 heteroatoms. The first-order valence-corrected chi connectivity index (χ1v) is 7.93. The Balaban J connectivity index is 2.38. The van der Waals surface area contributed by atoms with Crippen LogP contribution in [0, 0.1) is 20.8 Å². The van der Waals surface area contributed by atoms with Crippen molar-refractivity contribution in [2.45, 2.75) is 27.2 Å². The normalized spacial score (nSPS) is 10.9. The molecule has 3 nitrogen and oxygen atoms in total. The van der Waals surface area contributed by atoms with E-state index in [2.05, 4.69) is 0 Å². The molecule has 0 aliphatic heterocycles. The predicted octanol–water partition coefficient (Wildman–Crippen LogP) is 4.61. The molecule has 2 aromatic rings. The molecule has 2 aromatic carbocycles. The average Bonchev–Trinajstić information content (AvgIpc) is 2.53. The molecule has 0 aliphatic rings. The molecule has 0 saturated heterocycles. The van der Waals surface area contributed by atoms with Gasteiger partial charge in [-0.1, -0.05) is 36.4 Å². The molecule has 0 radical (unpaired) electrons. The van der Waals surface area contributed by atoms with Gasteiger partial charge in [0, 0.05) is 11.1 Å². The van der Waals surface area contributed by atoms with Crippen LogP contribution < -0.4 is 0 Å². The predicted molar refractivity (Wildman–Crippen MR) is 87.8 cm³/mol. The maximum atomic E-state index is 12.9. The van der Waals surface area contributed by atoms with Crippen molar-refractivity contribution in [3.05, 3.63) is 69.8 Å². The van der Waals surface area contributed by atoms with Gasteiger partial charge in [-0.3, -0.25) is 9.32 Å². The lowest BCUT2D eigenvalue weighted by Gasteiger charge is -2.13. The summed E-state index contributed by atoms with van der Waals surface area (Å²) in [6.07, 6.45) is 0.557. The molecule has 0 atom stereocenters. The minimum absolute atomic E-state index is 0.0240. The third-order valence-electron chi connectivity index (χ3n) is 4.08.